The average Bonchev–Trinajstić information content (AvgIpc) is 2.49. The van der Waals surface area contributed by atoms with Gasteiger partial charge in [0, 0.05) is 24.4 Å². The normalized spacial score (nSPS) is 29.1. The fourth-order valence-electron chi connectivity index (χ4n) is 3.44. The Morgan fingerprint density at radius 1 is 1.37 bits per heavy atom. The van der Waals surface area contributed by atoms with Gasteiger partial charge in [0.15, 0.2) is 0 Å². The second-order valence-corrected chi connectivity index (χ2v) is 5.98. The first-order chi connectivity index (χ1) is 9.22. The number of nitrogens with two attached hydrogens (primary N) is 1. The van der Waals surface area contributed by atoms with Gasteiger partial charge in [0.25, 0.3) is 0 Å². The first-order valence-electron chi connectivity index (χ1n) is 7.50. The van der Waals surface area contributed by atoms with Gasteiger partial charge in [0.1, 0.15) is 0 Å². The van der Waals surface area contributed by atoms with Gasteiger partial charge in [-0.25, -0.2) is 0 Å². The largest absolute Gasteiger partial charge is 0.388 e. The van der Waals surface area contributed by atoms with Gasteiger partial charge in [-0.1, -0.05) is 19.8 Å². The Balaban J connectivity index is 2.07. The van der Waals surface area contributed by atoms with Crippen molar-refractivity contribution < 1.29 is 5.11 Å². The van der Waals surface area contributed by atoms with Crippen LogP contribution in [0.5, 0.6) is 0 Å². The number of hydrogen-bond donors (Lipinski definition) is 2. The summed E-state index contributed by atoms with van der Waals surface area (Å²) in [5.74, 6) is 0.828. The lowest BCUT2D eigenvalue weighted by atomic mass is 9.65. The van der Waals surface area contributed by atoms with Gasteiger partial charge in [-0.15, -0.1) is 0 Å². The lowest BCUT2D eigenvalue weighted by molar-refractivity contribution is -0.0109. The minimum Gasteiger partial charge on any atom is -0.388 e. The molecule has 3 N–H and O–H groups in total. The van der Waals surface area contributed by atoms with Crippen LogP contribution < -0.4 is 5.73 Å². The van der Waals surface area contributed by atoms with Crippen molar-refractivity contribution in [2.45, 2.75) is 51.6 Å². The molecule has 3 heteroatoms. The van der Waals surface area contributed by atoms with Crippen molar-refractivity contribution in [1.29, 1.82) is 0 Å². The second kappa shape index (κ2) is 6.49. The summed E-state index contributed by atoms with van der Waals surface area (Å²) in [5.41, 5.74) is 6.84. The zero-order chi connectivity index (χ0) is 13.7. The minimum atomic E-state index is -0.455. The summed E-state index contributed by atoms with van der Waals surface area (Å²) >= 11 is 0. The highest BCUT2D eigenvalue weighted by atomic mass is 16.3. The molecule has 1 aromatic rings. The maximum absolute atomic E-state index is 10.7. The van der Waals surface area contributed by atoms with Crippen LogP contribution in [0.4, 0.5) is 0 Å². The van der Waals surface area contributed by atoms with E-state index in [4.69, 9.17) is 5.73 Å². The van der Waals surface area contributed by atoms with Crippen molar-refractivity contribution >= 4 is 0 Å². The van der Waals surface area contributed by atoms with E-state index < -0.39 is 6.10 Å². The van der Waals surface area contributed by atoms with Gasteiger partial charge >= 0.3 is 0 Å². The SMILES string of the molecule is CCCC1CCC(CN)(C(O)c2ccncc2)CC1. The molecule has 0 aromatic carbocycles. The molecule has 1 atom stereocenters. The molecule has 1 aromatic heterocycles. The summed E-state index contributed by atoms with van der Waals surface area (Å²) in [7, 11) is 0. The molecule has 19 heavy (non-hydrogen) atoms. The molecule has 0 spiro atoms. The van der Waals surface area contributed by atoms with Crippen LogP contribution in [0.1, 0.15) is 57.1 Å². The van der Waals surface area contributed by atoms with Crippen LogP contribution in [-0.4, -0.2) is 16.6 Å². The minimum absolute atomic E-state index is 0.133. The molecule has 106 valence electrons. The number of aliphatic hydroxyl groups excluding tert-OH is 1. The van der Waals surface area contributed by atoms with Crippen molar-refractivity contribution in [2.75, 3.05) is 6.54 Å². The van der Waals surface area contributed by atoms with Gasteiger partial charge in [-0.3, -0.25) is 4.98 Å². The van der Waals surface area contributed by atoms with Crippen LogP contribution in [0, 0.1) is 11.3 Å². The summed E-state index contributed by atoms with van der Waals surface area (Å²) in [6.07, 6.45) is 10.1. The van der Waals surface area contributed by atoms with Crippen molar-refractivity contribution in [3.63, 3.8) is 0 Å². The van der Waals surface area contributed by atoms with Crippen molar-refractivity contribution in [3.8, 4) is 0 Å². The van der Waals surface area contributed by atoms with E-state index in [0.717, 1.165) is 24.3 Å². The highest BCUT2D eigenvalue weighted by Gasteiger charge is 2.40. The molecule has 1 aliphatic rings. The molecule has 1 unspecified atom stereocenters. The number of hydrogen-bond acceptors (Lipinski definition) is 3. The summed E-state index contributed by atoms with van der Waals surface area (Å²) in [6, 6.07) is 3.81. The standard InChI is InChI=1S/C16H26N2O/c1-2-3-13-4-8-16(12-17,9-5-13)15(19)14-6-10-18-11-7-14/h6-7,10-11,13,15,19H,2-5,8-9,12,17H2,1H3. The maximum Gasteiger partial charge on any atom is 0.0859 e. The van der Waals surface area contributed by atoms with Gasteiger partial charge < -0.3 is 10.8 Å². The quantitative estimate of drug-likeness (QED) is 0.857. The van der Waals surface area contributed by atoms with Gasteiger partial charge in [0.2, 0.25) is 0 Å². The Morgan fingerprint density at radius 3 is 2.53 bits per heavy atom. The fraction of sp³-hybridized carbons (Fsp3) is 0.688. The molecule has 0 aliphatic heterocycles. The Bertz CT molecular complexity index is 372. The third kappa shape index (κ3) is 3.15. The summed E-state index contributed by atoms with van der Waals surface area (Å²) < 4.78 is 0. The monoisotopic (exact) mass is 262 g/mol. The molecule has 1 heterocycles. The van der Waals surface area contributed by atoms with Crippen LogP contribution in [0.3, 0.4) is 0 Å². The van der Waals surface area contributed by atoms with Crippen LogP contribution in [0.15, 0.2) is 24.5 Å². The smallest absolute Gasteiger partial charge is 0.0859 e. The lowest BCUT2D eigenvalue weighted by Crippen LogP contribution is -2.40. The topological polar surface area (TPSA) is 59.1 Å². The Hall–Kier alpha value is -0.930. The molecule has 1 fully saturated rings. The van der Waals surface area contributed by atoms with E-state index in [1.54, 1.807) is 12.4 Å². The number of rotatable bonds is 5. The van der Waals surface area contributed by atoms with E-state index in [0.29, 0.717) is 6.54 Å². The summed E-state index contributed by atoms with van der Waals surface area (Å²) in [5, 5.41) is 10.7. The fourth-order valence-corrected chi connectivity index (χ4v) is 3.44. The first-order valence-corrected chi connectivity index (χ1v) is 7.50. The zero-order valence-corrected chi connectivity index (χ0v) is 11.9. The highest BCUT2D eigenvalue weighted by Crippen LogP contribution is 2.47. The molecule has 0 amide bonds. The van der Waals surface area contributed by atoms with Gasteiger partial charge in [0.05, 0.1) is 6.10 Å². The number of nitrogens with zero attached hydrogens (tertiary/aromatic N) is 1. The molecular formula is C16H26N2O. The van der Waals surface area contributed by atoms with E-state index in [1.165, 1.54) is 25.7 Å². The molecular weight excluding hydrogens is 236 g/mol. The van der Waals surface area contributed by atoms with Crippen molar-refractivity contribution in [3.05, 3.63) is 30.1 Å². The van der Waals surface area contributed by atoms with Gasteiger partial charge in [-0.05, 0) is 49.3 Å². The lowest BCUT2D eigenvalue weighted by Gasteiger charge is -2.43. The van der Waals surface area contributed by atoms with E-state index in [2.05, 4.69) is 11.9 Å². The molecule has 0 bridgehead atoms. The van der Waals surface area contributed by atoms with E-state index in [-0.39, 0.29) is 5.41 Å². The number of aliphatic hydroxyl groups is 1. The molecule has 1 saturated carbocycles. The molecule has 1 aliphatic carbocycles. The van der Waals surface area contributed by atoms with Crippen LogP contribution >= 0.6 is 0 Å². The summed E-state index contributed by atoms with van der Waals surface area (Å²) in [4.78, 5) is 4.02. The Morgan fingerprint density at radius 2 is 2.00 bits per heavy atom. The van der Waals surface area contributed by atoms with Gasteiger partial charge in [-0.2, -0.15) is 0 Å². The number of pyridine rings is 1. The molecule has 0 saturated heterocycles. The first kappa shape index (κ1) is 14.5. The average molecular weight is 262 g/mol. The van der Waals surface area contributed by atoms with Crippen LogP contribution in [0.2, 0.25) is 0 Å². The molecule has 2 rings (SSSR count). The second-order valence-electron chi connectivity index (χ2n) is 5.98. The third-order valence-corrected chi connectivity index (χ3v) is 4.81. The third-order valence-electron chi connectivity index (χ3n) is 4.81. The van der Waals surface area contributed by atoms with Crippen LogP contribution in [-0.2, 0) is 0 Å². The molecule has 0 radical (unpaired) electrons. The maximum atomic E-state index is 10.7. The number of aromatic nitrogens is 1. The predicted molar refractivity (Wildman–Crippen MR) is 77.6 cm³/mol. The Labute approximate surface area is 116 Å². The van der Waals surface area contributed by atoms with E-state index >= 15 is 0 Å². The summed E-state index contributed by atoms with van der Waals surface area (Å²) in [6.45, 7) is 2.81. The van der Waals surface area contributed by atoms with Crippen LogP contribution in [0.25, 0.3) is 0 Å². The predicted octanol–water partition coefficient (Wildman–Crippen LogP) is 3.05. The zero-order valence-electron chi connectivity index (χ0n) is 11.9. The van der Waals surface area contributed by atoms with Crippen molar-refractivity contribution in [2.24, 2.45) is 17.1 Å². The highest BCUT2D eigenvalue weighted by molar-refractivity contribution is 5.17. The Kier molecular flexibility index (Phi) is 4.94. The molecule has 3 nitrogen and oxygen atoms in total. The van der Waals surface area contributed by atoms with E-state index in [9.17, 15) is 5.11 Å². The van der Waals surface area contributed by atoms with Crippen molar-refractivity contribution in [1.82, 2.24) is 4.98 Å². The van der Waals surface area contributed by atoms with E-state index in [1.807, 2.05) is 12.1 Å².